The third-order valence-electron chi connectivity index (χ3n) is 6.22. The number of anilines is 2. The molecule has 202 valence electrons. The number of nitrogens with one attached hydrogen (secondary N) is 2. The molecule has 2 atom stereocenters. The van der Waals surface area contributed by atoms with Crippen LogP contribution in [0, 0.1) is 12.0 Å². The Bertz CT molecular complexity index is 1520. The molecule has 3 aromatic rings. The second-order valence-corrected chi connectivity index (χ2v) is 11.0. The van der Waals surface area contributed by atoms with E-state index in [9.17, 15) is 21.6 Å². The number of hydrogen-bond acceptors (Lipinski definition) is 7. The van der Waals surface area contributed by atoms with Crippen LogP contribution in [0.5, 0.6) is 5.75 Å². The molecule has 0 saturated carbocycles. The molecule has 12 heteroatoms. The van der Waals surface area contributed by atoms with E-state index in [4.69, 9.17) is 4.74 Å². The summed E-state index contributed by atoms with van der Waals surface area (Å²) in [5, 5.41) is 11.1. The number of likely N-dealkylation sites (tertiary alicyclic amines) is 1. The van der Waals surface area contributed by atoms with Crippen LogP contribution in [-0.4, -0.2) is 75.4 Å². The van der Waals surface area contributed by atoms with Crippen molar-refractivity contribution in [2.75, 3.05) is 50.7 Å². The van der Waals surface area contributed by atoms with Gasteiger partial charge in [-0.25, -0.2) is 12.8 Å². The molecule has 0 radical (unpaired) electrons. The van der Waals surface area contributed by atoms with E-state index in [-0.39, 0.29) is 17.1 Å². The first kappa shape index (κ1) is 27.3. The van der Waals surface area contributed by atoms with Crippen molar-refractivity contribution in [2.24, 2.45) is 0 Å². The molecule has 2 aromatic carbocycles. The minimum absolute atomic E-state index is 0.0935. The van der Waals surface area contributed by atoms with Gasteiger partial charge in [-0.2, -0.15) is 18.6 Å². The lowest BCUT2D eigenvalue weighted by molar-refractivity contribution is 0.149. The van der Waals surface area contributed by atoms with E-state index in [1.165, 1.54) is 23.9 Å². The average Bonchev–Trinajstić information content (AvgIpc) is 3.20. The highest BCUT2D eigenvalue weighted by atomic mass is 32.2. The maximum Gasteiger partial charge on any atom is 0.272 e. The number of ether oxygens (including phenoxy) is 1. The molecule has 1 saturated heterocycles. The van der Waals surface area contributed by atoms with E-state index in [1.807, 2.05) is 11.9 Å². The van der Waals surface area contributed by atoms with Gasteiger partial charge in [-0.3, -0.25) is 0 Å². The molecule has 1 aliphatic rings. The first-order chi connectivity index (χ1) is 18.1. The standard InChI is InChI=1S/C26H28F3N5O3S/c1-33-13-10-20(19(27)16-33)31-22-7-4-6-18-23(15-25(28)29)34(32-26(18)22)12-5-11-30-21-9-8-17(38(3,35)36)14-24(21)37-2/h4,6-9,14-15,19-20,30-31H,10-11,13,16H2,1-3H3/t19-,20+/m0/s1. The number of benzene rings is 2. The molecule has 0 amide bonds. The molecule has 8 nitrogen and oxygen atoms in total. The third kappa shape index (κ3) is 6.23. The predicted octanol–water partition coefficient (Wildman–Crippen LogP) is 4.06. The molecule has 38 heavy (non-hydrogen) atoms. The van der Waals surface area contributed by atoms with Crippen LogP contribution in [0.4, 0.5) is 24.5 Å². The Morgan fingerprint density at radius 1 is 1.26 bits per heavy atom. The van der Waals surface area contributed by atoms with Crippen LogP contribution >= 0.6 is 0 Å². The van der Waals surface area contributed by atoms with Crippen LogP contribution in [0.15, 0.2) is 47.4 Å². The van der Waals surface area contributed by atoms with Crippen molar-refractivity contribution in [3.05, 3.63) is 48.2 Å². The van der Waals surface area contributed by atoms with Crippen LogP contribution in [0.25, 0.3) is 17.0 Å². The summed E-state index contributed by atoms with van der Waals surface area (Å²) in [6.45, 7) is 1.14. The van der Waals surface area contributed by atoms with E-state index in [0.29, 0.717) is 47.1 Å². The minimum Gasteiger partial charge on any atom is -0.495 e. The fourth-order valence-electron chi connectivity index (χ4n) is 4.29. The summed E-state index contributed by atoms with van der Waals surface area (Å²) < 4.78 is 71.2. The first-order valence-corrected chi connectivity index (χ1v) is 13.7. The van der Waals surface area contributed by atoms with Crippen LogP contribution < -0.4 is 15.4 Å². The SMILES string of the molecule is COc1cc(S(C)(=O)=O)ccc1NCC#Cn1nc2c(N[C@@H]3CCN(C)C[C@@H]3F)cccc2c1C=C(F)F. The Morgan fingerprint density at radius 3 is 2.74 bits per heavy atom. The Kier molecular flexibility index (Phi) is 8.18. The van der Waals surface area contributed by atoms with Crippen LogP contribution in [0.1, 0.15) is 12.1 Å². The summed E-state index contributed by atoms with van der Waals surface area (Å²) in [6.07, 6.45) is -0.586. The van der Waals surface area contributed by atoms with Gasteiger partial charge in [-0.05, 0) is 31.7 Å². The molecule has 1 aliphatic heterocycles. The van der Waals surface area contributed by atoms with Gasteiger partial charge in [0, 0.05) is 42.9 Å². The van der Waals surface area contributed by atoms with Crippen molar-refractivity contribution in [3.8, 4) is 17.7 Å². The Labute approximate surface area is 219 Å². The Hall–Kier alpha value is -3.69. The Balaban J connectivity index is 1.60. The molecular weight excluding hydrogens is 519 g/mol. The number of alkyl halides is 1. The van der Waals surface area contributed by atoms with Crippen molar-refractivity contribution in [2.45, 2.75) is 23.5 Å². The van der Waals surface area contributed by atoms with Crippen molar-refractivity contribution < 1.29 is 26.3 Å². The number of fused-ring (bicyclic) bond motifs is 1. The summed E-state index contributed by atoms with van der Waals surface area (Å²) in [6, 6.07) is 11.9. The molecule has 0 aliphatic carbocycles. The molecule has 2 N–H and O–H groups in total. The van der Waals surface area contributed by atoms with E-state index in [1.54, 1.807) is 24.3 Å². The van der Waals surface area contributed by atoms with Gasteiger partial charge in [-0.15, -0.1) is 0 Å². The van der Waals surface area contributed by atoms with Gasteiger partial charge in [0.15, 0.2) is 9.84 Å². The van der Waals surface area contributed by atoms with Gasteiger partial charge in [0.25, 0.3) is 6.08 Å². The van der Waals surface area contributed by atoms with Gasteiger partial charge in [0.2, 0.25) is 0 Å². The van der Waals surface area contributed by atoms with Crippen LogP contribution in [0.3, 0.4) is 0 Å². The predicted molar refractivity (Wildman–Crippen MR) is 142 cm³/mol. The molecule has 0 bridgehead atoms. The lowest BCUT2D eigenvalue weighted by atomic mass is 10.0. The number of nitrogens with zero attached hydrogens (tertiary/aromatic N) is 3. The summed E-state index contributed by atoms with van der Waals surface area (Å²) in [4.78, 5) is 2.03. The Morgan fingerprint density at radius 2 is 2.05 bits per heavy atom. The third-order valence-corrected chi connectivity index (χ3v) is 7.33. The van der Waals surface area contributed by atoms with E-state index >= 15 is 0 Å². The van der Waals surface area contributed by atoms with Crippen molar-refractivity contribution >= 4 is 38.2 Å². The van der Waals surface area contributed by atoms with Crippen molar-refractivity contribution in [1.29, 1.82) is 0 Å². The molecule has 1 fully saturated rings. The second kappa shape index (κ2) is 11.4. The lowest BCUT2D eigenvalue weighted by Crippen LogP contribution is -2.46. The quantitative estimate of drug-likeness (QED) is 0.432. The van der Waals surface area contributed by atoms with E-state index < -0.39 is 28.1 Å². The van der Waals surface area contributed by atoms with Crippen molar-refractivity contribution in [1.82, 2.24) is 14.7 Å². The number of hydrogen-bond donors (Lipinski definition) is 2. The smallest absolute Gasteiger partial charge is 0.272 e. The van der Waals surface area contributed by atoms with Gasteiger partial charge in [-0.1, -0.05) is 18.1 Å². The monoisotopic (exact) mass is 547 g/mol. The molecule has 0 unspecified atom stereocenters. The number of halogens is 3. The second-order valence-electron chi connectivity index (χ2n) is 9.03. The van der Waals surface area contributed by atoms with Gasteiger partial charge >= 0.3 is 0 Å². The largest absolute Gasteiger partial charge is 0.495 e. The molecule has 4 rings (SSSR count). The highest BCUT2D eigenvalue weighted by Gasteiger charge is 2.28. The molecular formula is C26H28F3N5O3S. The number of sulfone groups is 1. The zero-order valence-electron chi connectivity index (χ0n) is 21.1. The van der Waals surface area contributed by atoms with E-state index in [2.05, 4.69) is 27.7 Å². The van der Waals surface area contributed by atoms with Gasteiger partial charge < -0.3 is 20.3 Å². The number of aromatic nitrogens is 2. The number of piperidine rings is 1. The zero-order chi connectivity index (χ0) is 27.4. The van der Waals surface area contributed by atoms with Gasteiger partial charge in [0.05, 0.1) is 41.7 Å². The summed E-state index contributed by atoms with van der Waals surface area (Å²) >= 11 is 0. The molecule has 2 heterocycles. The van der Waals surface area contributed by atoms with Crippen LogP contribution in [0.2, 0.25) is 0 Å². The van der Waals surface area contributed by atoms with Gasteiger partial charge in [0.1, 0.15) is 17.4 Å². The highest BCUT2D eigenvalue weighted by molar-refractivity contribution is 7.90. The fraction of sp³-hybridized carbons (Fsp3) is 0.346. The lowest BCUT2D eigenvalue weighted by Gasteiger charge is -2.33. The maximum atomic E-state index is 14.6. The van der Waals surface area contributed by atoms with Crippen LogP contribution in [-0.2, 0) is 9.84 Å². The summed E-state index contributed by atoms with van der Waals surface area (Å²) in [7, 11) is -0.120. The summed E-state index contributed by atoms with van der Waals surface area (Å²) in [5.74, 6) is 3.16. The minimum atomic E-state index is -3.40. The fourth-order valence-corrected chi connectivity index (χ4v) is 4.93. The summed E-state index contributed by atoms with van der Waals surface area (Å²) in [5.41, 5.74) is 1.57. The number of methoxy groups -OCH3 is 1. The maximum absolute atomic E-state index is 14.6. The van der Waals surface area contributed by atoms with Crippen molar-refractivity contribution in [3.63, 3.8) is 0 Å². The molecule has 1 aromatic heterocycles. The highest BCUT2D eigenvalue weighted by Crippen LogP contribution is 2.30. The zero-order valence-corrected chi connectivity index (χ0v) is 21.9. The first-order valence-electron chi connectivity index (χ1n) is 11.8. The normalized spacial score (nSPS) is 17.9. The van der Waals surface area contributed by atoms with E-state index in [0.717, 1.165) is 12.8 Å². The molecule has 0 spiro atoms. The number of rotatable bonds is 7. The average molecular weight is 548 g/mol. The topological polar surface area (TPSA) is 88.5 Å².